The van der Waals surface area contributed by atoms with Crippen molar-refractivity contribution in [2.45, 2.75) is 25.8 Å². The SMILES string of the molecule is Cc1ccc(C2CCCN2C(=O)c2cc[n+]([O-])cc2)cc1. The zero-order valence-electron chi connectivity index (χ0n) is 12.0. The van der Waals surface area contributed by atoms with E-state index in [0.717, 1.165) is 19.4 Å². The maximum atomic E-state index is 12.6. The Bertz CT molecular complexity index is 635. The molecule has 1 amide bonds. The van der Waals surface area contributed by atoms with Gasteiger partial charge in [0.15, 0.2) is 12.4 Å². The number of aromatic nitrogens is 1. The predicted octanol–water partition coefficient (Wildman–Crippen LogP) is 2.61. The molecule has 2 aromatic rings. The highest BCUT2D eigenvalue weighted by molar-refractivity contribution is 5.94. The first kappa shape index (κ1) is 13.6. The summed E-state index contributed by atoms with van der Waals surface area (Å²) >= 11 is 0. The molecule has 0 radical (unpaired) electrons. The number of hydrogen-bond acceptors (Lipinski definition) is 2. The van der Waals surface area contributed by atoms with Crippen LogP contribution in [0, 0.1) is 12.1 Å². The lowest BCUT2D eigenvalue weighted by Gasteiger charge is -2.25. The summed E-state index contributed by atoms with van der Waals surface area (Å²) in [5.74, 6) is -0.00123. The molecule has 2 heterocycles. The smallest absolute Gasteiger partial charge is 0.254 e. The number of amides is 1. The van der Waals surface area contributed by atoms with E-state index < -0.39 is 0 Å². The Morgan fingerprint density at radius 2 is 1.86 bits per heavy atom. The first-order valence-electron chi connectivity index (χ1n) is 7.21. The van der Waals surface area contributed by atoms with Gasteiger partial charge in [-0.2, -0.15) is 4.73 Å². The molecule has 4 nitrogen and oxygen atoms in total. The molecule has 1 aromatic heterocycles. The molecule has 0 saturated carbocycles. The fourth-order valence-electron chi connectivity index (χ4n) is 2.87. The van der Waals surface area contributed by atoms with Crippen LogP contribution in [0.1, 0.15) is 40.4 Å². The standard InChI is InChI=1S/C17H18N2O2/c1-13-4-6-14(7-5-13)16-3-2-10-19(16)17(20)15-8-11-18(21)12-9-15/h4-9,11-12,16H,2-3,10H2,1H3. The average Bonchev–Trinajstić information content (AvgIpc) is 2.97. The second-order valence-corrected chi connectivity index (χ2v) is 5.51. The second-order valence-electron chi connectivity index (χ2n) is 5.51. The van der Waals surface area contributed by atoms with Crippen molar-refractivity contribution in [3.63, 3.8) is 0 Å². The second kappa shape index (κ2) is 5.56. The van der Waals surface area contributed by atoms with E-state index in [2.05, 4.69) is 31.2 Å². The number of nitrogens with zero attached hydrogens (tertiary/aromatic N) is 2. The molecule has 0 aliphatic carbocycles. The number of aryl methyl sites for hydroxylation is 1. The first-order valence-corrected chi connectivity index (χ1v) is 7.21. The van der Waals surface area contributed by atoms with Crippen LogP contribution in [-0.2, 0) is 0 Å². The van der Waals surface area contributed by atoms with Crippen LogP contribution in [0.25, 0.3) is 0 Å². The summed E-state index contributed by atoms with van der Waals surface area (Å²) < 4.78 is 0.693. The third-order valence-corrected chi connectivity index (χ3v) is 4.02. The first-order chi connectivity index (χ1) is 10.1. The van der Waals surface area contributed by atoms with Gasteiger partial charge in [0.25, 0.3) is 5.91 Å². The zero-order valence-corrected chi connectivity index (χ0v) is 12.0. The number of carbonyl (C=O) groups is 1. The van der Waals surface area contributed by atoms with Gasteiger partial charge < -0.3 is 10.1 Å². The number of rotatable bonds is 2. The molecule has 4 heteroatoms. The van der Waals surface area contributed by atoms with Crippen LogP contribution in [0.15, 0.2) is 48.8 Å². The van der Waals surface area contributed by atoms with Crippen molar-refractivity contribution < 1.29 is 9.52 Å². The summed E-state index contributed by atoms with van der Waals surface area (Å²) in [4.78, 5) is 14.5. The van der Waals surface area contributed by atoms with Gasteiger partial charge in [-0.3, -0.25) is 4.79 Å². The van der Waals surface area contributed by atoms with Gasteiger partial charge in [0.05, 0.1) is 11.6 Å². The maximum absolute atomic E-state index is 12.6. The van der Waals surface area contributed by atoms with Crippen LogP contribution in [0.2, 0.25) is 0 Å². The van der Waals surface area contributed by atoms with E-state index in [1.165, 1.54) is 23.5 Å². The fourth-order valence-corrected chi connectivity index (χ4v) is 2.87. The Balaban J connectivity index is 1.85. The van der Waals surface area contributed by atoms with Crippen molar-refractivity contribution in [2.24, 2.45) is 0 Å². The molecule has 1 aromatic carbocycles. The Hall–Kier alpha value is -2.36. The maximum Gasteiger partial charge on any atom is 0.254 e. The minimum Gasteiger partial charge on any atom is -0.619 e. The molecule has 0 bridgehead atoms. The molecular formula is C17H18N2O2. The lowest BCUT2D eigenvalue weighted by Crippen LogP contribution is -2.32. The molecule has 1 unspecified atom stereocenters. The van der Waals surface area contributed by atoms with Gasteiger partial charge >= 0.3 is 0 Å². The van der Waals surface area contributed by atoms with E-state index in [1.54, 1.807) is 12.1 Å². The van der Waals surface area contributed by atoms with Crippen LogP contribution in [-0.4, -0.2) is 17.4 Å². The third kappa shape index (κ3) is 2.75. The quantitative estimate of drug-likeness (QED) is 0.628. The topological polar surface area (TPSA) is 47.2 Å². The summed E-state index contributed by atoms with van der Waals surface area (Å²) in [6, 6.07) is 11.7. The lowest BCUT2D eigenvalue weighted by molar-refractivity contribution is -0.605. The van der Waals surface area contributed by atoms with E-state index in [0.29, 0.717) is 10.3 Å². The number of carbonyl (C=O) groups excluding carboxylic acids is 1. The van der Waals surface area contributed by atoms with Crippen LogP contribution in [0.4, 0.5) is 0 Å². The van der Waals surface area contributed by atoms with Crippen molar-refractivity contribution in [2.75, 3.05) is 6.54 Å². The van der Waals surface area contributed by atoms with Crippen LogP contribution >= 0.6 is 0 Å². The molecule has 0 spiro atoms. The van der Waals surface area contributed by atoms with Crippen molar-refractivity contribution in [1.82, 2.24) is 4.90 Å². The van der Waals surface area contributed by atoms with E-state index in [9.17, 15) is 10.0 Å². The largest absolute Gasteiger partial charge is 0.619 e. The molecule has 3 rings (SSSR count). The monoisotopic (exact) mass is 282 g/mol. The summed E-state index contributed by atoms with van der Waals surface area (Å²) in [6.45, 7) is 2.83. The third-order valence-electron chi connectivity index (χ3n) is 4.02. The van der Waals surface area contributed by atoms with Crippen molar-refractivity contribution in [1.29, 1.82) is 0 Å². The van der Waals surface area contributed by atoms with E-state index in [-0.39, 0.29) is 11.9 Å². The zero-order chi connectivity index (χ0) is 14.8. The highest BCUT2D eigenvalue weighted by Gasteiger charge is 2.30. The summed E-state index contributed by atoms with van der Waals surface area (Å²) in [7, 11) is 0. The number of benzene rings is 1. The van der Waals surface area contributed by atoms with E-state index in [1.807, 2.05) is 4.90 Å². The van der Waals surface area contributed by atoms with Crippen LogP contribution < -0.4 is 4.73 Å². The van der Waals surface area contributed by atoms with Gasteiger partial charge in [0, 0.05) is 18.7 Å². The van der Waals surface area contributed by atoms with Gasteiger partial charge in [-0.1, -0.05) is 29.8 Å². The Labute approximate surface area is 124 Å². The summed E-state index contributed by atoms with van der Waals surface area (Å²) in [5, 5.41) is 11.1. The number of likely N-dealkylation sites (tertiary alicyclic amines) is 1. The number of pyridine rings is 1. The molecule has 0 N–H and O–H groups in total. The molecule has 108 valence electrons. The molecule has 1 aliphatic heterocycles. The van der Waals surface area contributed by atoms with Gasteiger partial charge in [-0.15, -0.1) is 0 Å². The molecule has 1 fully saturated rings. The van der Waals surface area contributed by atoms with Crippen LogP contribution in [0.3, 0.4) is 0 Å². The van der Waals surface area contributed by atoms with Gasteiger partial charge in [-0.05, 0) is 25.3 Å². The molecular weight excluding hydrogens is 264 g/mol. The molecule has 1 aliphatic rings. The minimum atomic E-state index is -0.00123. The summed E-state index contributed by atoms with van der Waals surface area (Å²) in [5.41, 5.74) is 2.97. The Kier molecular flexibility index (Phi) is 3.60. The minimum absolute atomic E-state index is 0.00123. The highest BCUT2D eigenvalue weighted by atomic mass is 16.5. The van der Waals surface area contributed by atoms with Gasteiger partial charge in [0.2, 0.25) is 0 Å². The van der Waals surface area contributed by atoms with Crippen molar-refractivity contribution in [3.05, 3.63) is 70.7 Å². The van der Waals surface area contributed by atoms with Gasteiger partial charge in [-0.25, -0.2) is 0 Å². The van der Waals surface area contributed by atoms with E-state index in [4.69, 9.17) is 0 Å². The molecule has 1 atom stereocenters. The van der Waals surface area contributed by atoms with Crippen molar-refractivity contribution in [3.8, 4) is 0 Å². The molecule has 21 heavy (non-hydrogen) atoms. The van der Waals surface area contributed by atoms with Crippen molar-refractivity contribution >= 4 is 5.91 Å². The average molecular weight is 282 g/mol. The number of hydrogen-bond donors (Lipinski definition) is 0. The molecule has 1 saturated heterocycles. The highest BCUT2D eigenvalue weighted by Crippen LogP contribution is 2.33. The predicted molar refractivity (Wildman–Crippen MR) is 79.6 cm³/mol. The normalized spacial score (nSPS) is 18.0. The van der Waals surface area contributed by atoms with Gasteiger partial charge in [0.1, 0.15) is 0 Å². The fraction of sp³-hybridized carbons (Fsp3) is 0.294. The Morgan fingerprint density at radius 3 is 2.52 bits per heavy atom. The van der Waals surface area contributed by atoms with Crippen LogP contribution in [0.5, 0.6) is 0 Å². The van der Waals surface area contributed by atoms with E-state index >= 15 is 0 Å². The lowest BCUT2D eigenvalue weighted by atomic mass is 10.0. The summed E-state index contributed by atoms with van der Waals surface area (Å²) in [6.07, 6.45) is 4.73. The Morgan fingerprint density at radius 1 is 1.19 bits per heavy atom.